The van der Waals surface area contributed by atoms with Crippen LogP contribution in [-0.2, 0) is 0 Å². The fourth-order valence-electron chi connectivity index (χ4n) is 3.54. The van der Waals surface area contributed by atoms with E-state index in [9.17, 15) is 0 Å². The number of hydrazine groups is 1. The van der Waals surface area contributed by atoms with Gasteiger partial charge in [-0.15, -0.1) is 0 Å². The van der Waals surface area contributed by atoms with Crippen molar-refractivity contribution < 1.29 is 0 Å². The zero-order valence-corrected chi connectivity index (χ0v) is 12.8. The zero-order chi connectivity index (χ0) is 13.7. The van der Waals surface area contributed by atoms with Gasteiger partial charge in [0.2, 0.25) is 0 Å². The van der Waals surface area contributed by atoms with Crippen molar-refractivity contribution in [1.82, 2.24) is 15.3 Å². The average Bonchev–Trinajstić information content (AvgIpc) is 2.44. The molecule has 0 atom stereocenters. The predicted molar refractivity (Wildman–Crippen MR) is 80.9 cm³/mol. The van der Waals surface area contributed by atoms with Crippen molar-refractivity contribution in [2.75, 3.05) is 39.8 Å². The zero-order valence-electron chi connectivity index (χ0n) is 12.8. The maximum atomic E-state index is 6.10. The Bertz CT molecular complexity index is 253. The summed E-state index contributed by atoms with van der Waals surface area (Å²) in [5.41, 5.74) is 10.1. The van der Waals surface area contributed by atoms with Crippen molar-refractivity contribution in [2.24, 2.45) is 11.7 Å². The van der Waals surface area contributed by atoms with Gasteiger partial charge in [-0.1, -0.05) is 19.8 Å². The molecule has 1 heterocycles. The summed E-state index contributed by atoms with van der Waals surface area (Å²) in [6, 6.07) is 0. The molecule has 0 radical (unpaired) electrons. The molecule has 1 saturated heterocycles. The third-order valence-corrected chi connectivity index (χ3v) is 5.05. The molecular formula is C15H32N4. The van der Waals surface area contributed by atoms with Crippen LogP contribution in [0.2, 0.25) is 0 Å². The first-order valence-corrected chi connectivity index (χ1v) is 8.09. The first kappa shape index (κ1) is 15.2. The fourth-order valence-corrected chi connectivity index (χ4v) is 3.54. The van der Waals surface area contributed by atoms with Gasteiger partial charge < -0.3 is 10.6 Å². The summed E-state index contributed by atoms with van der Waals surface area (Å²) in [4.78, 5) is 2.39. The smallest absolute Gasteiger partial charge is 0.0448 e. The van der Waals surface area contributed by atoms with Gasteiger partial charge in [0.25, 0.3) is 0 Å². The third-order valence-electron chi connectivity index (χ3n) is 5.05. The number of nitrogens with one attached hydrogen (secondary N) is 1. The summed E-state index contributed by atoms with van der Waals surface area (Å²) >= 11 is 0. The van der Waals surface area contributed by atoms with Crippen LogP contribution < -0.4 is 11.2 Å². The maximum Gasteiger partial charge on any atom is 0.0448 e. The van der Waals surface area contributed by atoms with E-state index in [2.05, 4.69) is 29.3 Å². The van der Waals surface area contributed by atoms with Gasteiger partial charge in [0, 0.05) is 38.3 Å². The molecule has 112 valence electrons. The third kappa shape index (κ3) is 4.15. The molecule has 2 aliphatic rings. The van der Waals surface area contributed by atoms with Crippen molar-refractivity contribution in [1.29, 1.82) is 0 Å². The van der Waals surface area contributed by atoms with E-state index in [0.29, 0.717) is 0 Å². The molecule has 0 bridgehead atoms. The first-order chi connectivity index (χ1) is 9.17. The molecule has 0 unspecified atom stereocenters. The predicted octanol–water partition coefficient (Wildman–Crippen LogP) is 1.43. The van der Waals surface area contributed by atoms with E-state index < -0.39 is 0 Å². The Balaban J connectivity index is 1.82. The molecule has 2 fully saturated rings. The molecule has 0 amide bonds. The van der Waals surface area contributed by atoms with Crippen LogP contribution in [0.4, 0.5) is 0 Å². The van der Waals surface area contributed by atoms with Gasteiger partial charge >= 0.3 is 0 Å². The Morgan fingerprint density at radius 2 is 1.79 bits per heavy atom. The molecule has 1 aliphatic heterocycles. The number of rotatable bonds is 5. The SMILES string of the molecule is CCCC1CCC(CN)(NN2CCN(C)CC2)CC1. The van der Waals surface area contributed by atoms with Crippen molar-refractivity contribution in [3.05, 3.63) is 0 Å². The lowest BCUT2D eigenvalue weighted by Gasteiger charge is -2.45. The molecule has 1 saturated carbocycles. The summed E-state index contributed by atoms with van der Waals surface area (Å²) in [7, 11) is 2.20. The minimum absolute atomic E-state index is 0.181. The number of nitrogens with two attached hydrogens (primary N) is 1. The lowest BCUT2D eigenvalue weighted by molar-refractivity contribution is 0.0317. The van der Waals surface area contributed by atoms with E-state index in [1.807, 2.05) is 0 Å². The average molecular weight is 268 g/mol. The monoisotopic (exact) mass is 268 g/mol. The topological polar surface area (TPSA) is 44.5 Å². The van der Waals surface area contributed by atoms with Crippen LogP contribution in [0, 0.1) is 5.92 Å². The summed E-state index contributed by atoms with van der Waals surface area (Å²) < 4.78 is 0. The summed E-state index contributed by atoms with van der Waals surface area (Å²) in [6.45, 7) is 7.64. The van der Waals surface area contributed by atoms with E-state index in [-0.39, 0.29) is 5.54 Å². The highest BCUT2D eigenvalue weighted by molar-refractivity contribution is 4.93. The van der Waals surface area contributed by atoms with E-state index >= 15 is 0 Å². The van der Waals surface area contributed by atoms with Gasteiger partial charge in [0.1, 0.15) is 0 Å². The number of likely N-dealkylation sites (N-methyl/N-ethyl adjacent to an activating group) is 1. The first-order valence-electron chi connectivity index (χ1n) is 8.09. The largest absolute Gasteiger partial charge is 0.329 e. The normalized spacial score (nSPS) is 34.6. The number of nitrogens with zero attached hydrogens (tertiary/aromatic N) is 2. The molecule has 4 nitrogen and oxygen atoms in total. The summed E-state index contributed by atoms with van der Waals surface area (Å²) in [5, 5.41) is 2.41. The van der Waals surface area contributed by atoms with E-state index in [0.717, 1.165) is 38.6 Å². The molecule has 0 aromatic carbocycles. The van der Waals surface area contributed by atoms with E-state index in [1.54, 1.807) is 0 Å². The molecule has 19 heavy (non-hydrogen) atoms. The minimum Gasteiger partial charge on any atom is -0.329 e. The quantitative estimate of drug-likeness (QED) is 0.792. The molecule has 0 aromatic rings. The second-order valence-electron chi connectivity index (χ2n) is 6.62. The van der Waals surface area contributed by atoms with Crippen molar-refractivity contribution in [3.63, 3.8) is 0 Å². The Morgan fingerprint density at radius 3 is 2.32 bits per heavy atom. The van der Waals surface area contributed by atoms with Crippen LogP contribution in [0.3, 0.4) is 0 Å². The molecule has 0 spiro atoms. The second kappa shape index (κ2) is 7.02. The number of hydrogen-bond donors (Lipinski definition) is 2. The van der Waals surface area contributed by atoms with Crippen LogP contribution in [0.25, 0.3) is 0 Å². The molecule has 0 aromatic heterocycles. The standard InChI is InChI=1S/C15H32N4/c1-3-4-14-5-7-15(13-16,8-6-14)17-19-11-9-18(2)10-12-19/h14,17H,3-13,16H2,1-2H3. The van der Waals surface area contributed by atoms with Crippen LogP contribution >= 0.6 is 0 Å². The van der Waals surface area contributed by atoms with Crippen LogP contribution in [0.1, 0.15) is 45.4 Å². The lowest BCUT2D eigenvalue weighted by Crippen LogP contribution is -2.63. The van der Waals surface area contributed by atoms with Gasteiger partial charge in [0.15, 0.2) is 0 Å². The molecule has 3 N–H and O–H groups in total. The van der Waals surface area contributed by atoms with Gasteiger partial charge in [-0.3, -0.25) is 0 Å². The Labute approximate surface area is 118 Å². The molecule has 2 rings (SSSR count). The van der Waals surface area contributed by atoms with Crippen molar-refractivity contribution >= 4 is 0 Å². The fraction of sp³-hybridized carbons (Fsp3) is 1.00. The highest BCUT2D eigenvalue weighted by atomic mass is 15.5. The highest BCUT2D eigenvalue weighted by Crippen LogP contribution is 2.34. The van der Waals surface area contributed by atoms with Gasteiger partial charge in [-0.25, -0.2) is 10.4 Å². The summed E-state index contributed by atoms with van der Waals surface area (Å²) in [5.74, 6) is 0.943. The van der Waals surface area contributed by atoms with Gasteiger partial charge in [-0.2, -0.15) is 0 Å². The van der Waals surface area contributed by atoms with E-state index in [4.69, 9.17) is 5.73 Å². The number of hydrogen-bond acceptors (Lipinski definition) is 4. The highest BCUT2D eigenvalue weighted by Gasteiger charge is 2.35. The van der Waals surface area contributed by atoms with Crippen molar-refractivity contribution in [3.8, 4) is 0 Å². The van der Waals surface area contributed by atoms with Crippen LogP contribution in [-0.4, -0.2) is 55.2 Å². The van der Waals surface area contributed by atoms with Crippen molar-refractivity contribution in [2.45, 2.75) is 51.0 Å². The maximum absolute atomic E-state index is 6.10. The van der Waals surface area contributed by atoms with Gasteiger partial charge in [-0.05, 0) is 38.6 Å². The van der Waals surface area contributed by atoms with Crippen LogP contribution in [0.5, 0.6) is 0 Å². The Kier molecular flexibility index (Phi) is 5.63. The van der Waals surface area contributed by atoms with E-state index in [1.165, 1.54) is 38.5 Å². The Hall–Kier alpha value is -0.160. The number of piperazine rings is 1. The molecular weight excluding hydrogens is 236 g/mol. The minimum atomic E-state index is 0.181. The van der Waals surface area contributed by atoms with Gasteiger partial charge in [0.05, 0.1) is 0 Å². The van der Waals surface area contributed by atoms with Crippen LogP contribution in [0.15, 0.2) is 0 Å². The molecule has 1 aliphatic carbocycles. The second-order valence-corrected chi connectivity index (χ2v) is 6.62. The lowest BCUT2D eigenvalue weighted by atomic mass is 9.75. The molecule has 4 heteroatoms. The Morgan fingerprint density at radius 1 is 1.16 bits per heavy atom. The summed E-state index contributed by atoms with van der Waals surface area (Å²) in [6.07, 6.45) is 7.93.